The molecule has 3 nitrogen and oxygen atoms in total. The second-order valence-corrected chi connectivity index (χ2v) is 4.87. The zero-order valence-electron chi connectivity index (χ0n) is 12.4. The van der Waals surface area contributed by atoms with E-state index in [9.17, 15) is 0 Å². The Morgan fingerprint density at radius 2 is 1.90 bits per heavy atom. The van der Waals surface area contributed by atoms with Crippen molar-refractivity contribution in [1.82, 2.24) is 5.32 Å². The van der Waals surface area contributed by atoms with Crippen molar-refractivity contribution in [3.63, 3.8) is 0 Å². The highest BCUT2D eigenvalue weighted by molar-refractivity contribution is 5.29. The first-order chi connectivity index (χ1) is 9.74. The quantitative estimate of drug-likeness (QED) is 0.807. The van der Waals surface area contributed by atoms with Crippen LogP contribution in [0, 0.1) is 0 Å². The van der Waals surface area contributed by atoms with Crippen LogP contribution in [0.2, 0.25) is 0 Å². The highest BCUT2D eigenvalue weighted by Gasteiger charge is 2.15. The Hall–Kier alpha value is -1.74. The fraction of sp³-hybridized carbons (Fsp3) is 0.412. The zero-order valence-corrected chi connectivity index (χ0v) is 12.4. The maximum Gasteiger partial charge on any atom is 0.120 e. The van der Waals surface area contributed by atoms with Crippen LogP contribution in [0.1, 0.15) is 50.6 Å². The van der Waals surface area contributed by atoms with Gasteiger partial charge in [-0.15, -0.1) is 0 Å². The fourth-order valence-corrected chi connectivity index (χ4v) is 2.31. The summed E-state index contributed by atoms with van der Waals surface area (Å²) in [5.74, 6) is 1.91. The molecule has 1 aromatic carbocycles. The molecule has 3 heteroatoms. The Bertz CT molecular complexity index is 490. The van der Waals surface area contributed by atoms with Gasteiger partial charge in [-0.1, -0.05) is 19.1 Å². The largest absolute Gasteiger partial charge is 0.494 e. The molecule has 1 N–H and O–H groups in total. The fourth-order valence-electron chi connectivity index (χ4n) is 2.31. The van der Waals surface area contributed by atoms with Gasteiger partial charge in [-0.3, -0.25) is 0 Å². The summed E-state index contributed by atoms with van der Waals surface area (Å²) in [7, 11) is 0. The Morgan fingerprint density at radius 1 is 1.15 bits per heavy atom. The van der Waals surface area contributed by atoms with Gasteiger partial charge in [0.25, 0.3) is 0 Å². The van der Waals surface area contributed by atoms with E-state index in [-0.39, 0.29) is 12.1 Å². The maximum atomic E-state index is 5.49. The van der Waals surface area contributed by atoms with Gasteiger partial charge in [0.15, 0.2) is 0 Å². The molecule has 0 radical (unpaired) electrons. The van der Waals surface area contributed by atoms with Gasteiger partial charge in [-0.2, -0.15) is 0 Å². The van der Waals surface area contributed by atoms with Gasteiger partial charge < -0.3 is 14.5 Å². The van der Waals surface area contributed by atoms with Crippen LogP contribution in [0.5, 0.6) is 5.75 Å². The molecule has 0 saturated carbocycles. The summed E-state index contributed by atoms with van der Waals surface area (Å²) in [5, 5.41) is 3.60. The second-order valence-electron chi connectivity index (χ2n) is 4.87. The van der Waals surface area contributed by atoms with E-state index in [4.69, 9.17) is 9.15 Å². The van der Waals surface area contributed by atoms with E-state index < -0.39 is 0 Å². The van der Waals surface area contributed by atoms with Gasteiger partial charge in [0.2, 0.25) is 0 Å². The van der Waals surface area contributed by atoms with Gasteiger partial charge in [0, 0.05) is 6.04 Å². The van der Waals surface area contributed by atoms with Gasteiger partial charge in [-0.05, 0) is 50.1 Å². The van der Waals surface area contributed by atoms with E-state index in [1.165, 1.54) is 5.56 Å². The Balaban J connectivity index is 2.01. The SMILES string of the molecule is CCOc1ccc(C(C)NC(CC)c2ccco2)cc1. The molecular weight excluding hydrogens is 250 g/mol. The summed E-state index contributed by atoms with van der Waals surface area (Å²) in [6.07, 6.45) is 2.72. The third-order valence-electron chi connectivity index (χ3n) is 3.44. The number of hydrogen-bond donors (Lipinski definition) is 1. The average molecular weight is 273 g/mol. The van der Waals surface area contributed by atoms with Crippen LogP contribution < -0.4 is 10.1 Å². The molecule has 2 rings (SSSR count). The minimum absolute atomic E-state index is 0.242. The van der Waals surface area contributed by atoms with Crippen LogP contribution in [0.15, 0.2) is 47.1 Å². The van der Waals surface area contributed by atoms with Crippen LogP contribution in [-0.2, 0) is 0 Å². The first-order valence-corrected chi connectivity index (χ1v) is 7.26. The summed E-state index contributed by atoms with van der Waals surface area (Å²) in [6.45, 7) is 7.02. The molecular formula is C17H23NO2. The van der Waals surface area contributed by atoms with Crippen molar-refractivity contribution in [2.24, 2.45) is 0 Å². The van der Waals surface area contributed by atoms with Crippen molar-refractivity contribution in [2.45, 2.75) is 39.3 Å². The van der Waals surface area contributed by atoms with Crippen molar-refractivity contribution < 1.29 is 9.15 Å². The lowest BCUT2D eigenvalue weighted by molar-refractivity contribution is 0.339. The van der Waals surface area contributed by atoms with Crippen molar-refractivity contribution >= 4 is 0 Å². The lowest BCUT2D eigenvalue weighted by atomic mass is 10.1. The lowest BCUT2D eigenvalue weighted by Crippen LogP contribution is -2.23. The Labute approximate surface area is 121 Å². The van der Waals surface area contributed by atoms with Gasteiger partial charge in [0.1, 0.15) is 11.5 Å². The summed E-state index contributed by atoms with van der Waals surface area (Å²) in [6, 6.07) is 12.7. The summed E-state index contributed by atoms with van der Waals surface area (Å²) >= 11 is 0. The summed E-state index contributed by atoms with van der Waals surface area (Å²) < 4.78 is 11.0. The molecule has 0 amide bonds. The van der Waals surface area contributed by atoms with Crippen LogP contribution >= 0.6 is 0 Å². The molecule has 2 aromatic rings. The number of benzene rings is 1. The molecule has 0 bridgehead atoms. The van der Waals surface area contributed by atoms with Crippen LogP contribution in [0.3, 0.4) is 0 Å². The second kappa shape index (κ2) is 7.15. The molecule has 2 unspecified atom stereocenters. The molecule has 1 heterocycles. The molecule has 20 heavy (non-hydrogen) atoms. The molecule has 2 atom stereocenters. The zero-order chi connectivity index (χ0) is 14.4. The van der Waals surface area contributed by atoms with E-state index >= 15 is 0 Å². The average Bonchev–Trinajstić information content (AvgIpc) is 2.99. The minimum atomic E-state index is 0.242. The first-order valence-electron chi connectivity index (χ1n) is 7.26. The Morgan fingerprint density at radius 3 is 2.45 bits per heavy atom. The highest BCUT2D eigenvalue weighted by Crippen LogP contribution is 2.23. The third-order valence-corrected chi connectivity index (χ3v) is 3.44. The number of rotatable bonds is 7. The number of ether oxygens (including phenoxy) is 1. The number of hydrogen-bond acceptors (Lipinski definition) is 3. The van der Waals surface area contributed by atoms with Crippen LogP contribution in [0.4, 0.5) is 0 Å². The third kappa shape index (κ3) is 3.64. The molecule has 0 fully saturated rings. The van der Waals surface area contributed by atoms with E-state index in [0.717, 1.165) is 17.9 Å². The molecule has 0 aliphatic heterocycles. The normalized spacial score (nSPS) is 13.9. The predicted octanol–water partition coefficient (Wildman–Crippen LogP) is 4.48. The highest BCUT2D eigenvalue weighted by atomic mass is 16.5. The smallest absolute Gasteiger partial charge is 0.120 e. The molecule has 0 aliphatic rings. The predicted molar refractivity (Wildman–Crippen MR) is 80.9 cm³/mol. The van der Waals surface area contributed by atoms with Gasteiger partial charge >= 0.3 is 0 Å². The van der Waals surface area contributed by atoms with E-state index in [1.807, 2.05) is 31.2 Å². The molecule has 1 aromatic heterocycles. The van der Waals surface area contributed by atoms with E-state index in [1.54, 1.807) is 6.26 Å². The standard InChI is InChI=1S/C17H23NO2/c1-4-16(17-7-6-12-20-17)18-13(3)14-8-10-15(11-9-14)19-5-2/h6-13,16,18H,4-5H2,1-3H3. The lowest BCUT2D eigenvalue weighted by Gasteiger charge is -2.21. The van der Waals surface area contributed by atoms with Gasteiger partial charge in [0.05, 0.1) is 18.9 Å². The Kier molecular flexibility index (Phi) is 5.24. The van der Waals surface area contributed by atoms with Crippen molar-refractivity contribution in [3.8, 4) is 5.75 Å². The van der Waals surface area contributed by atoms with Crippen LogP contribution in [0.25, 0.3) is 0 Å². The minimum Gasteiger partial charge on any atom is -0.494 e. The van der Waals surface area contributed by atoms with E-state index in [2.05, 4.69) is 31.3 Å². The first kappa shape index (κ1) is 14.7. The number of furan rings is 1. The van der Waals surface area contributed by atoms with Gasteiger partial charge in [-0.25, -0.2) is 0 Å². The summed E-state index contributed by atoms with van der Waals surface area (Å²) in [5.41, 5.74) is 1.25. The summed E-state index contributed by atoms with van der Waals surface area (Å²) in [4.78, 5) is 0. The molecule has 0 saturated heterocycles. The van der Waals surface area contributed by atoms with Crippen molar-refractivity contribution in [3.05, 3.63) is 54.0 Å². The maximum absolute atomic E-state index is 5.49. The van der Waals surface area contributed by atoms with Crippen molar-refractivity contribution in [2.75, 3.05) is 6.61 Å². The van der Waals surface area contributed by atoms with Crippen molar-refractivity contribution in [1.29, 1.82) is 0 Å². The molecule has 0 spiro atoms. The molecule has 0 aliphatic carbocycles. The topological polar surface area (TPSA) is 34.4 Å². The number of nitrogens with one attached hydrogen (secondary N) is 1. The van der Waals surface area contributed by atoms with Crippen LogP contribution in [-0.4, -0.2) is 6.61 Å². The monoisotopic (exact) mass is 273 g/mol. The molecule has 108 valence electrons. The van der Waals surface area contributed by atoms with E-state index in [0.29, 0.717) is 6.61 Å².